The number of likely N-dealkylation sites (N-methyl/N-ethyl adjacent to an activating group) is 1. The minimum atomic E-state index is 0. The van der Waals surface area contributed by atoms with Crippen LogP contribution in [0, 0.1) is 0 Å². The number of halogens is 1. The summed E-state index contributed by atoms with van der Waals surface area (Å²) in [5.74, 6) is 0.953. The summed E-state index contributed by atoms with van der Waals surface area (Å²) < 4.78 is 0. The Hall–Kier alpha value is -0.300. The van der Waals surface area contributed by atoms with Crippen LogP contribution in [0.15, 0.2) is 17.1 Å². The predicted molar refractivity (Wildman–Crippen MR) is 99.1 cm³/mol. The Labute approximate surface area is 141 Å². The van der Waals surface area contributed by atoms with Crippen molar-refractivity contribution in [2.24, 2.45) is 4.99 Å². The lowest BCUT2D eigenvalue weighted by molar-refractivity contribution is 0.259. The maximum Gasteiger partial charge on any atom is 0.191 e. The van der Waals surface area contributed by atoms with Crippen molar-refractivity contribution in [3.63, 3.8) is 0 Å². The molecule has 0 aromatic heterocycles. The van der Waals surface area contributed by atoms with E-state index in [4.69, 9.17) is 0 Å². The average Bonchev–Trinajstić information content (AvgIpc) is 2.90. The van der Waals surface area contributed by atoms with Gasteiger partial charge in [0.1, 0.15) is 0 Å². The van der Waals surface area contributed by atoms with E-state index in [9.17, 15) is 0 Å². The van der Waals surface area contributed by atoms with Crippen LogP contribution in [0.2, 0.25) is 0 Å². The minimum Gasteiger partial charge on any atom is -0.357 e. The number of rotatable bonds is 7. The second kappa shape index (κ2) is 11.4. The zero-order chi connectivity index (χ0) is 14.1. The standard InChI is InChI=1S/C15H30N4.HI/c1-5-13(3)19(4)12-11-17-15(16-6-2)18-14-9-7-8-10-14;/h7-8,13-14H,5-6,9-12H2,1-4H3,(H2,16,17,18);1H. The third-order valence-corrected chi connectivity index (χ3v) is 3.76. The van der Waals surface area contributed by atoms with E-state index >= 15 is 0 Å². The third kappa shape index (κ3) is 7.47. The van der Waals surface area contributed by atoms with Crippen LogP contribution in [0.4, 0.5) is 0 Å². The molecule has 0 aliphatic heterocycles. The molecule has 0 saturated heterocycles. The van der Waals surface area contributed by atoms with Crippen LogP contribution in [-0.2, 0) is 0 Å². The maximum atomic E-state index is 4.66. The van der Waals surface area contributed by atoms with Crippen LogP contribution in [-0.4, -0.2) is 49.6 Å². The summed E-state index contributed by atoms with van der Waals surface area (Å²) in [6.07, 6.45) is 7.87. The van der Waals surface area contributed by atoms with Gasteiger partial charge in [0, 0.05) is 25.2 Å². The Morgan fingerprint density at radius 3 is 2.55 bits per heavy atom. The van der Waals surface area contributed by atoms with E-state index in [1.165, 1.54) is 6.42 Å². The van der Waals surface area contributed by atoms with Crippen molar-refractivity contribution in [1.29, 1.82) is 0 Å². The highest BCUT2D eigenvalue weighted by atomic mass is 127. The van der Waals surface area contributed by atoms with E-state index in [0.29, 0.717) is 12.1 Å². The average molecular weight is 394 g/mol. The molecular weight excluding hydrogens is 363 g/mol. The first-order valence-electron chi connectivity index (χ1n) is 7.57. The second-order valence-electron chi connectivity index (χ2n) is 5.28. The van der Waals surface area contributed by atoms with Crippen LogP contribution >= 0.6 is 24.0 Å². The largest absolute Gasteiger partial charge is 0.357 e. The quantitative estimate of drug-likeness (QED) is 0.302. The van der Waals surface area contributed by atoms with E-state index in [1.54, 1.807) is 0 Å². The summed E-state index contributed by atoms with van der Waals surface area (Å²) in [5.41, 5.74) is 0. The fourth-order valence-electron chi connectivity index (χ4n) is 2.10. The fourth-order valence-corrected chi connectivity index (χ4v) is 2.10. The fraction of sp³-hybridized carbons (Fsp3) is 0.800. The van der Waals surface area contributed by atoms with Crippen molar-refractivity contribution in [1.82, 2.24) is 15.5 Å². The van der Waals surface area contributed by atoms with Gasteiger partial charge in [-0.15, -0.1) is 24.0 Å². The van der Waals surface area contributed by atoms with Gasteiger partial charge in [0.2, 0.25) is 0 Å². The summed E-state index contributed by atoms with van der Waals surface area (Å²) in [7, 11) is 2.17. The molecule has 0 bridgehead atoms. The topological polar surface area (TPSA) is 39.7 Å². The molecule has 0 amide bonds. The van der Waals surface area contributed by atoms with Gasteiger partial charge in [-0.05, 0) is 40.2 Å². The molecule has 0 saturated carbocycles. The SMILES string of the molecule is CCNC(=NCCN(C)C(C)CC)NC1CC=CC1.I. The highest BCUT2D eigenvalue weighted by Crippen LogP contribution is 2.08. The Kier molecular flexibility index (Phi) is 11.2. The lowest BCUT2D eigenvalue weighted by atomic mass is 10.2. The van der Waals surface area contributed by atoms with E-state index in [-0.39, 0.29) is 24.0 Å². The number of hydrogen-bond donors (Lipinski definition) is 2. The second-order valence-corrected chi connectivity index (χ2v) is 5.28. The molecule has 0 aromatic carbocycles. The van der Waals surface area contributed by atoms with E-state index in [0.717, 1.165) is 38.4 Å². The molecule has 0 fully saturated rings. The molecular formula is C15H31IN4. The molecule has 1 aliphatic rings. The molecule has 118 valence electrons. The van der Waals surface area contributed by atoms with Crippen molar-refractivity contribution in [3.05, 3.63) is 12.2 Å². The summed E-state index contributed by atoms with van der Waals surface area (Å²) in [6.45, 7) is 9.36. The Bertz CT molecular complexity index is 296. The number of hydrogen-bond acceptors (Lipinski definition) is 2. The monoisotopic (exact) mass is 394 g/mol. The molecule has 0 spiro atoms. The van der Waals surface area contributed by atoms with Gasteiger partial charge in [0.05, 0.1) is 6.54 Å². The van der Waals surface area contributed by atoms with E-state index in [1.807, 2.05) is 0 Å². The van der Waals surface area contributed by atoms with Gasteiger partial charge >= 0.3 is 0 Å². The summed E-state index contributed by atoms with van der Waals surface area (Å²) in [5, 5.41) is 6.81. The molecule has 0 radical (unpaired) electrons. The van der Waals surface area contributed by atoms with Crippen molar-refractivity contribution >= 4 is 29.9 Å². The van der Waals surface area contributed by atoms with Crippen molar-refractivity contribution in [2.45, 2.75) is 52.1 Å². The van der Waals surface area contributed by atoms with Crippen LogP contribution in [0.3, 0.4) is 0 Å². The Morgan fingerprint density at radius 1 is 1.35 bits per heavy atom. The molecule has 0 heterocycles. The molecule has 1 rings (SSSR count). The summed E-state index contributed by atoms with van der Waals surface area (Å²) in [4.78, 5) is 7.02. The van der Waals surface area contributed by atoms with Gasteiger partial charge in [0.15, 0.2) is 5.96 Å². The third-order valence-electron chi connectivity index (χ3n) is 3.76. The predicted octanol–water partition coefficient (Wildman–Crippen LogP) is 2.61. The smallest absolute Gasteiger partial charge is 0.191 e. The van der Waals surface area contributed by atoms with Crippen LogP contribution in [0.5, 0.6) is 0 Å². The molecule has 0 aromatic rings. The van der Waals surface area contributed by atoms with Gasteiger partial charge in [-0.3, -0.25) is 4.99 Å². The molecule has 5 heteroatoms. The molecule has 4 nitrogen and oxygen atoms in total. The summed E-state index contributed by atoms with van der Waals surface area (Å²) in [6, 6.07) is 1.15. The van der Waals surface area contributed by atoms with Gasteiger partial charge in [-0.2, -0.15) is 0 Å². The number of nitrogens with one attached hydrogen (secondary N) is 2. The highest BCUT2D eigenvalue weighted by Gasteiger charge is 2.11. The van der Waals surface area contributed by atoms with E-state index < -0.39 is 0 Å². The van der Waals surface area contributed by atoms with E-state index in [2.05, 4.69) is 60.5 Å². The lowest BCUT2D eigenvalue weighted by Crippen LogP contribution is -2.43. The molecule has 20 heavy (non-hydrogen) atoms. The van der Waals surface area contributed by atoms with Gasteiger partial charge in [-0.1, -0.05) is 19.1 Å². The number of aliphatic imine (C=N–C) groups is 1. The van der Waals surface area contributed by atoms with Gasteiger partial charge in [-0.25, -0.2) is 0 Å². The first kappa shape index (κ1) is 19.7. The minimum absolute atomic E-state index is 0. The first-order valence-corrected chi connectivity index (χ1v) is 7.57. The maximum absolute atomic E-state index is 4.66. The molecule has 1 atom stereocenters. The normalized spacial score (nSPS) is 17.1. The zero-order valence-electron chi connectivity index (χ0n) is 13.4. The van der Waals surface area contributed by atoms with Crippen LogP contribution in [0.25, 0.3) is 0 Å². The molecule has 2 N–H and O–H groups in total. The van der Waals surface area contributed by atoms with Crippen molar-refractivity contribution < 1.29 is 0 Å². The lowest BCUT2D eigenvalue weighted by Gasteiger charge is -2.23. The first-order chi connectivity index (χ1) is 9.17. The van der Waals surface area contributed by atoms with Crippen LogP contribution in [0.1, 0.15) is 40.0 Å². The van der Waals surface area contributed by atoms with Crippen molar-refractivity contribution in [2.75, 3.05) is 26.7 Å². The van der Waals surface area contributed by atoms with Crippen LogP contribution < -0.4 is 10.6 Å². The van der Waals surface area contributed by atoms with Gasteiger partial charge in [0.25, 0.3) is 0 Å². The Balaban J connectivity index is 0.00000361. The molecule has 1 unspecified atom stereocenters. The summed E-state index contributed by atoms with van der Waals surface area (Å²) >= 11 is 0. The molecule has 1 aliphatic carbocycles. The Morgan fingerprint density at radius 2 is 2.00 bits per heavy atom. The zero-order valence-corrected chi connectivity index (χ0v) is 15.7. The highest BCUT2D eigenvalue weighted by molar-refractivity contribution is 14.0. The van der Waals surface area contributed by atoms with Gasteiger partial charge < -0.3 is 15.5 Å². The van der Waals surface area contributed by atoms with Crippen molar-refractivity contribution in [3.8, 4) is 0 Å². The number of guanidine groups is 1. The number of nitrogens with zero attached hydrogens (tertiary/aromatic N) is 2.